The Hall–Kier alpha value is -3.24. The quantitative estimate of drug-likeness (QED) is 0.589. The van der Waals surface area contributed by atoms with Gasteiger partial charge in [-0.2, -0.15) is 4.31 Å². The molecule has 35 heavy (non-hydrogen) atoms. The number of urea groups is 1. The molecule has 0 aliphatic carbocycles. The van der Waals surface area contributed by atoms with Gasteiger partial charge in [0.15, 0.2) is 0 Å². The fraction of sp³-hybridized carbons (Fsp3) is 0.400. The van der Waals surface area contributed by atoms with E-state index in [-0.39, 0.29) is 43.5 Å². The van der Waals surface area contributed by atoms with Gasteiger partial charge >= 0.3 is 6.03 Å². The average Bonchev–Trinajstić information content (AvgIpc) is 3.04. The Morgan fingerprint density at radius 3 is 2.14 bits per heavy atom. The van der Waals surface area contributed by atoms with Crippen molar-refractivity contribution in [3.8, 4) is 0 Å². The summed E-state index contributed by atoms with van der Waals surface area (Å²) in [6, 6.07) is 11.1. The summed E-state index contributed by atoms with van der Waals surface area (Å²) in [4.78, 5) is 42.8. The Morgan fingerprint density at radius 2 is 1.54 bits per heavy atom. The van der Waals surface area contributed by atoms with Gasteiger partial charge in [0, 0.05) is 31.9 Å². The molecule has 1 atom stereocenters. The highest BCUT2D eigenvalue weighted by Gasteiger charge is 2.44. The standard InChI is InChI=1S/C25H30N4O5S/c1-17-5-8-21(9-6-17)29-20(4)24(31)28(25(29)32)16-23(30)26-11-13-27(14-12-26)35(33,34)22-10-7-18(2)19(3)15-22/h5-10,15,20H,11-14,16H2,1-4H3/t20-/m0/s1. The smallest absolute Gasteiger partial charge is 0.332 e. The van der Waals surface area contributed by atoms with Crippen LogP contribution in [0.2, 0.25) is 0 Å². The molecule has 4 amide bonds. The summed E-state index contributed by atoms with van der Waals surface area (Å²) in [5, 5.41) is 0. The van der Waals surface area contributed by atoms with Crippen LogP contribution in [-0.4, -0.2) is 79.1 Å². The second kappa shape index (κ2) is 9.43. The molecule has 0 radical (unpaired) electrons. The normalized spacial score (nSPS) is 19.5. The molecule has 4 rings (SSSR count). The predicted molar refractivity (Wildman–Crippen MR) is 131 cm³/mol. The van der Waals surface area contributed by atoms with E-state index in [2.05, 4.69) is 0 Å². The van der Waals surface area contributed by atoms with Crippen molar-refractivity contribution in [2.75, 3.05) is 37.6 Å². The van der Waals surface area contributed by atoms with E-state index >= 15 is 0 Å². The molecule has 10 heteroatoms. The van der Waals surface area contributed by atoms with Crippen LogP contribution in [-0.2, 0) is 19.6 Å². The third kappa shape index (κ3) is 4.68. The van der Waals surface area contributed by atoms with Gasteiger partial charge < -0.3 is 4.90 Å². The molecule has 2 fully saturated rings. The number of hydrogen-bond donors (Lipinski definition) is 0. The zero-order chi connectivity index (χ0) is 25.5. The largest absolute Gasteiger partial charge is 0.338 e. The number of nitrogens with zero attached hydrogens (tertiary/aromatic N) is 4. The third-order valence-electron chi connectivity index (χ3n) is 6.76. The number of sulfonamides is 1. The van der Waals surface area contributed by atoms with Crippen molar-refractivity contribution in [1.29, 1.82) is 0 Å². The lowest BCUT2D eigenvalue weighted by molar-refractivity contribution is -0.137. The molecule has 0 saturated carbocycles. The van der Waals surface area contributed by atoms with E-state index in [9.17, 15) is 22.8 Å². The van der Waals surface area contributed by atoms with E-state index in [1.54, 1.807) is 37.3 Å². The Balaban J connectivity index is 1.40. The Kier molecular flexibility index (Phi) is 6.70. The summed E-state index contributed by atoms with van der Waals surface area (Å²) in [5.41, 5.74) is 3.54. The third-order valence-corrected chi connectivity index (χ3v) is 8.66. The molecule has 0 aromatic heterocycles. The molecule has 2 aromatic rings. The highest BCUT2D eigenvalue weighted by atomic mass is 32.2. The average molecular weight is 499 g/mol. The molecular weight excluding hydrogens is 468 g/mol. The summed E-state index contributed by atoms with van der Waals surface area (Å²) >= 11 is 0. The second-order valence-electron chi connectivity index (χ2n) is 9.12. The molecule has 2 aliphatic heterocycles. The number of hydrogen-bond acceptors (Lipinski definition) is 5. The fourth-order valence-electron chi connectivity index (χ4n) is 4.35. The number of imide groups is 1. The Bertz CT molecular complexity index is 1270. The van der Waals surface area contributed by atoms with Crippen molar-refractivity contribution in [3.05, 3.63) is 59.2 Å². The van der Waals surface area contributed by atoms with Gasteiger partial charge in [-0.1, -0.05) is 23.8 Å². The first-order chi connectivity index (χ1) is 16.5. The lowest BCUT2D eigenvalue weighted by Gasteiger charge is -2.34. The maximum atomic E-state index is 13.0. The minimum absolute atomic E-state index is 0.148. The zero-order valence-corrected chi connectivity index (χ0v) is 21.2. The van der Waals surface area contributed by atoms with Crippen LogP contribution in [0.15, 0.2) is 47.4 Å². The van der Waals surface area contributed by atoms with Crippen LogP contribution < -0.4 is 4.90 Å². The van der Waals surface area contributed by atoms with Crippen LogP contribution >= 0.6 is 0 Å². The van der Waals surface area contributed by atoms with E-state index in [0.717, 1.165) is 21.6 Å². The fourth-order valence-corrected chi connectivity index (χ4v) is 5.86. The van der Waals surface area contributed by atoms with Gasteiger partial charge in [0.1, 0.15) is 12.6 Å². The molecule has 2 aromatic carbocycles. The van der Waals surface area contributed by atoms with Crippen LogP contribution in [0.25, 0.3) is 0 Å². The molecule has 0 spiro atoms. The molecule has 2 aliphatic rings. The number of aryl methyl sites for hydroxylation is 3. The van der Waals surface area contributed by atoms with Crippen LogP contribution in [0, 0.1) is 20.8 Å². The van der Waals surface area contributed by atoms with Crippen molar-refractivity contribution in [3.63, 3.8) is 0 Å². The van der Waals surface area contributed by atoms with E-state index in [0.29, 0.717) is 5.69 Å². The Labute approximate surface area is 206 Å². The topological polar surface area (TPSA) is 98.3 Å². The molecule has 2 heterocycles. The second-order valence-corrected chi connectivity index (χ2v) is 11.1. The van der Waals surface area contributed by atoms with Gasteiger partial charge in [0.25, 0.3) is 5.91 Å². The number of carbonyl (C=O) groups excluding carboxylic acids is 3. The van der Waals surface area contributed by atoms with Crippen LogP contribution in [0.5, 0.6) is 0 Å². The van der Waals surface area contributed by atoms with Crippen LogP contribution in [0.4, 0.5) is 10.5 Å². The summed E-state index contributed by atoms with van der Waals surface area (Å²) in [5.74, 6) is -0.812. The van der Waals surface area contributed by atoms with Gasteiger partial charge in [-0.15, -0.1) is 0 Å². The first kappa shape index (κ1) is 24.9. The summed E-state index contributed by atoms with van der Waals surface area (Å²) in [6.45, 7) is 7.67. The first-order valence-corrected chi connectivity index (χ1v) is 13.0. The summed E-state index contributed by atoms with van der Waals surface area (Å²) in [6.07, 6.45) is 0. The van der Waals surface area contributed by atoms with Gasteiger partial charge in [-0.25, -0.2) is 13.2 Å². The monoisotopic (exact) mass is 498 g/mol. The lowest BCUT2D eigenvalue weighted by atomic mass is 10.1. The number of amides is 4. The minimum atomic E-state index is -3.67. The molecule has 0 N–H and O–H groups in total. The first-order valence-electron chi connectivity index (χ1n) is 11.6. The molecule has 2 saturated heterocycles. The van der Waals surface area contributed by atoms with E-state index in [1.807, 2.05) is 32.9 Å². The molecule has 0 unspecified atom stereocenters. The van der Waals surface area contributed by atoms with Crippen molar-refractivity contribution >= 4 is 33.6 Å². The van der Waals surface area contributed by atoms with Crippen LogP contribution in [0.3, 0.4) is 0 Å². The Morgan fingerprint density at radius 1 is 0.914 bits per heavy atom. The van der Waals surface area contributed by atoms with E-state index in [1.165, 1.54) is 14.1 Å². The van der Waals surface area contributed by atoms with Crippen molar-refractivity contribution in [1.82, 2.24) is 14.1 Å². The highest BCUT2D eigenvalue weighted by molar-refractivity contribution is 7.89. The van der Waals surface area contributed by atoms with Gasteiger partial charge in [0.05, 0.1) is 4.90 Å². The van der Waals surface area contributed by atoms with Crippen LogP contribution in [0.1, 0.15) is 23.6 Å². The predicted octanol–water partition coefficient (Wildman–Crippen LogP) is 2.30. The molecule has 186 valence electrons. The van der Waals surface area contributed by atoms with Crippen molar-refractivity contribution in [2.24, 2.45) is 0 Å². The van der Waals surface area contributed by atoms with Gasteiger partial charge in [-0.3, -0.25) is 19.4 Å². The summed E-state index contributed by atoms with van der Waals surface area (Å²) in [7, 11) is -3.67. The molecule has 0 bridgehead atoms. The number of anilines is 1. The maximum Gasteiger partial charge on any atom is 0.332 e. The maximum absolute atomic E-state index is 13.0. The minimum Gasteiger partial charge on any atom is -0.338 e. The number of rotatable bonds is 5. The van der Waals surface area contributed by atoms with Gasteiger partial charge in [0.2, 0.25) is 15.9 Å². The lowest BCUT2D eigenvalue weighted by Crippen LogP contribution is -2.53. The highest BCUT2D eigenvalue weighted by Crippen LogP contribution is 2.26. The zero-order valence-electron chi connectivity index (χ0n) is 20.4. The van der Waals surface area contributed by atoms with Crippen molar-refractivity contribution in [2.45, 2.75) is 38.6 Å². The molecule has 9 nitrogen and oxygen atoms in total. The van der Waals surface area contributed by atoms with E-state index in [4.69, 9.17) is 0 Å². The number of carbonyl (C=O) groups is 3. The summed E-state index contributed by atoms with van der Waals surface area (Å²) < 4.78 is 27.4. The SMILES string of the molecule is Cc1ccc(N2C(=O)N(CC(=O)N3CCN(S(=O)(=O)c4ccc(C)c(C)c4)CC3)C(=O)[C@@H]2C)cc1. The number of piperazine rings is 1. The van der Waals surface area contributed by atoms with Gasteiger partial charge in [-0.05, 0) is 63.1 Å². The van der Waals surface area contributed by atoms with E-state index < -0.39 is 28.0 Å². The molecular formula is C25H30N4O5S. The van der Waals surface area contributed by atoms with Crippen molar-refractivity contribution < 1.29 is 22.8 Å². The number of benzene rings is 2.